The predicted molar refractivity (Wildman–Crippen MR) is 99.6 cm³/mol. The lowest BCUT2D eigenvalue weighted by molar-refractivity contribution is 0.169. The van der Waals surface area contributed by atoms with E-state index < -0.39 is 0 Å². The molecule has 0 unspecified atom stereocenters. The zero-order valence-corrected chi connectivity index (χ0v) is 16.1. The highest BCUT2D eigenvalue weighted by molar-refractivity contribution is 14.0. The van der Waals surface area contributed by atoms with Gasteiger partial charge in [-0.05, 0) is 12.3 Å². The van der Waals surface area contributed by atoms with E-state index in [0.29, 0.717) is 0 Å². The van der Waals surface area contributed by atoms with Crippen LogP contribution in [0.15, 0.2) is 21.8 Å². The first-order valence-electron chi connectivity index (χ1n) is 7.76. The molecule has 0 aliphatic carbocycles. The Bertz CT molecular complexity index is 427. The Hall–Kier alpha value is -0.830. The standard InChI is InChI=1S/C15H27N5O.HI/c1-13(2)4-6-17-15(16-3)20-9-7-19(8-10-20)12-14-5-11-21-18-14;/h5,11,13H,4,6-10,12H2,1-3H3,(H,16,17);1H. The molecular formula is C15H28IN5O. The van der Waals surface area contributed by atoms with E-state index in [9.17, 15) is 0 Å². The number of hydrogen-bond acceptors (Lipinski definition) is 4. The number of nitrogens with zero attached hydrogens (tertiary/aromatic N) is 4. The SMILES string of the molecule is CN=C(NCCC(C)C)N1CCN(Cc2ccon2)CC1.I. The van der Waals surface area contributed by atoms with Crippen molar-refractivity contribution in [2.45, 2.75) is 26.8 Å². The van der Waals surface area contributed by atoms with Gasteiger partial charge in [0.05, 0.1) is 5.69 Å². The highest BCUT2D eigenvalue weighted by Crippen LogP contribution is 2.07. The van der Waals surface area contributed by atoms with Gasteiger partial charge in [0.15, 0.2) is 5.96 Å². The summed E-state index contributed by atoms with van der Waals surface area (Å²) in [5.41, 5.74) is 1.00. The fourth-order valence-corrected chi connectivity index (χ4v) is 2.47. The minimum absolute atomic E-state index is 0. The van der Waals surface area contributed by atoms with Gasteiger partial charge in [0.25, 0.3) is 0 Å². The molecule has 1 fully saturated rings. The van der Waals surface area contributed by atoms with E-state index in [4.69, 9.17) is 4.52 Å². The molecule has 0 radical (unpaired) electrons. The third kappa shape index (κ3) is 6.12. The minimum atomic E-state index is 0. The summed E-state index contributed by atoms with van der Waals surface area (Å²) in [4.78, 5) is 9.13. The molecule has 1 N–H and O–H groups in total. The first kappa shape index (κ1) is 19.2. The average molecular weight is 421 g/mol. The number of aliphatic imine (C=N–C) groups is 1. The summed E-state index contributed by atoms with van der Waals surface area (Å²) in [6.07, 6.45) is 2.80. The van der Waals surface area contributed by atoms with Gasteiger partial charge < -0.3 is 14.7 Å². The monoisotopic (exact) mass is 421 g/mol. The van der Waals surface area contributed by atoms with E-state index in [1.807, 2.05) is 13.1 Å². The predicted octanol–water partition coefficient (Wildman–Crippen LogP) is 2.03. The van der Waals surface area contributed by atoms with Gasteiger partial charge in [-0.3, -0.25) is 9.89 Å². The summed E-state index contributed by atoms with van der Waals surface area (Å²) in [7, 11) is 1.86. The van der Waals surface area contributed by atoms with Crippen LogP contribution in [-0.2, 0) is 6.54 Å². The lowest BCUT2D eigenvalue weighted by Gasteiger charge is -2.36. The van der Waals surface area contributed by atoms with Crippen molar-refractivity contribution < 1.29 is 4.52 Å². The zero-order valence-electron chi connectivity index (χ0n) is 13.8. The van der Waals surface area contributed by atoms with E-state index in [1.165, 1.54) is 6.42 Å². The molecule has 1 aromatic rings. The maximum absolute atomic E-state index is 4.88. The van der Waals surface area contributed by atoms with Crippen LogP contribution < -0.4 is 5.32 Å². The van der Waals surface area contributed by atoms with Crippen molar-refractivity contribution in [3.63, 3.8) is 0 Å². The van der Waals surface area contributed by atoms with Crippen molar-refractivity contribution in [1.29, 1.82) is 0 Å². The lowest BCUT2D eigenvalue weighted by Crippen LogP contribution is -2.52. The molecule has 0 aromatic carbocycles. The fraction of sp³-hybridized carbons (Fsp3) is 0.733. The number of hydrogen-bond donors (Lipinski definition) is 1. The van der Waals surface area contributed by atoms with Crippen LogP contribution >= 0.6 is 24.0 Å². The molecule has 1 saturated heterocycles. The molecule has 6 nitrogen and oxygen atoms in total. The molecule has 0 bridgehead atoms. The summed E-state index contributed by atoms with van der Waals surface area (Å²) < 4.78 is 4.88. The van der Waals surface area contributed by atoms with Crippen LogP contribution in [0.4, 0.5) is 0 Å². The van der Waals surface area contributed by atoms with Gasteiger partial charge in [-0.15, -0.1) is 24.0 Å². The Morgan fingerprint density at radius 2 is 2.09 bits per heavy atom. The summed E-state index contributed by atoms with van der Waals surface area (Å²) in [5, 5.41) is 7.43. The van der Waals surface area contributed by atoms with E-state index in [2.05, 4.69) is 39.1 Å². The highest BCUT2D eigenvalue weighted by Gasteiger charge is 2.20. The topological polar surface area (TPSA) is 56.9 Å². The van der Waals surface area contributed by atoms with Crippen LogP contribution in [0.25, 0.3) is 0 Å². The first-order chi connectivity index (χ1) is 10.2. The molecular weight excluding hydrogens is 393 g/mol. The zero-order chi connectivity index (χ0) is 15.1. The van der Waals surface area contributed by atoms with Gasteiger partial charge >= 0.3 is 0 Å². The van der Waals surface area contributed by atoms with Crippen molar-refractivity contribution in [1.82, 2.24) is 20.3 Å². The lowest BCUT2D eigenvalue weighted by atomic mass is 10.1. The van der Waals surface area contributed by atoms with Crippen LogP contribution in [0.2, 0.25) is 0 Å². The van der Waals surface area contributed by atoms with Gasteiger partial charge in [0, 0.05) is 52.4 Å². The largest absolute Gasteiger partial charge is 0.364 e. The minimum Gasteiger partial charge on any atom is -0.364 e. The van der Waals surface area contributed by atoms with Crippen molar-refractivity contribution in [3.05, 3.63) is 18.0 Å². The van der Waals surface area contributed by atoms with Gasteiger partial charge in [0.1, 0.15) is 6.26 Å². The fourth-order valence-electron chi connectivity index (χ4n) is 2.47. The molecule has 1 aromatic heterocycles. The molecule has 22 heavy (non-hydrogen) atoms. The first-order valence-corrected chi connectivity index (χ1v) is 7.76. The maximum atomic E-state index is 4.88. The van der Waals surface area contributed by atoms with E-state index in [1.54, 1.807) is 6.26 Å². The van der Waals surface area contributed by atoms with Crippen LogP contribution in [0.1, 0.15) is 26.0 Å². The highest BCUT2D eigenvalue weighted by atomic mass is 127. The van der Waals surface area contributed by atoms with Gasteiger partial charge in [-0.1, -0.05) is 19.0 Å². The molecule has 2 heterocycles. The number of guanidine groups is 1. The summed E-state index contributed by atoms with van der Waals surface area (Å²) in [6.45, 7) is 10.4. The summed E-state index contributed by atoms with van der Waals surface area (Å²) in [6, 6.07) is 1.93. The van der Waals surface area contributed by atoms with E-state index in [-0.39, 0.29) is 24.0 Å². The molecule has 0 amide bonds. The number of piperazine rings is 1. The molecule has 126 valence electrons. The van der Waals surface area contributed by atoms with Crippen LogP contribution in [0.5, 0.6) is 0 Å². The smallest absolute Gasteiger partial charge is 0.193 e. The van der Waals surface area contributed by atoms with Gasteiger partial charge in [0.2, 0.25) is 0 Å². The molecule has 2 rings (SSSR count). The molecule has 7 heteroatoms. The Morgan fingerprint density at radius 1 is 1.36 bits per heavy atom. The van der Waals surface area contributed by atoms with Crippen molar-refractivity contribution in [2.24, 2.45) is 10.9 Å². The number of halogens is 1. The van der Waals surface area contributed by atoms with Crippen LogP contribution in [0.3, 0.4) is 0 Å². The van der Waals surface area contributed by atoms with Crippen molar-refractivity contribution >= 4 is 29.9 Å². The number of rotatable bonds is 5. The van der Waals surface area contributed by atoms with Crippen molar-refractivity contribution in [3.8, 4) is 0 Å². The second-order valence-corrected chi connectivity index (χ2v) is 5.91. The summed E-state index contributed by atoms with van der Waals surface area (Å²) in [5.74, 6) is 1.74. The Balaban J connectivity index is 0.00000242. The second-order valence-electron chi connectivity index (χ2n) is 5.91. The Morgan fingerprint density at radius 3 is 2.64 bits per heavy atom. The number of nitrogens with one attached hydrogen (secondary N) is 1. The van der Waals surface area contributed by atoms with Gasteiger partial charge in [-0.25, -0.2) is 0 Å². The third-order valence-electron chi connectivity index (χ3n) is 3.77. The molecule has 0 saturated carbocycles. The molecule has 1 aliphatic heterocycles. The average Bonchev–Trinajstić information content (AvgIpc) is 2.97. The third-order valence-corrected chi connectivity index (χ3v) is 3.77. The Kier molecular flexibility index (Phi) is 8.77. The van der Waals surface area contributed by atoms with Gasteiger partial charge in [-0.2, -0.15) is 0 Å². The molecule has 0 spiro atoms. The van der Waals surface area contributed by atoms with Crippen LogP contribution in [0, 0.1) is 5.92 Å². The second kappa shape index (κ2) is 10.0. The summed E-state index contributed by atoms with van der Waals surface area (Å²) >= 11 is 0. The van der Waals surface area contributed by atoms with Crippen LogP contribution in [-0.4, -0.2) is 60.7 Å². The normalized spacial score (nSPS) is 16.7. The maximum Gasteiger partial charge on any atom is 0.193 e. The number of aromatic nitrogens is 1. The van der Waals surface area contributed by atoms with Crippen molar-refractivity contribution in [2.75, 3.05) is 39.8 Å². The van der Waals surface area contributed by atoms with E-state index in [0.717, 1.165) is 56.8 Å². The Labute approximate surface area is 150 Å². The quantitative estimate of drug-likeness (QED) is 0.448. The molecule has 1 aliphatic rings. The molecule has 0 atom stereocenters. The van der Waals surface area contributed by atoms with E-state index >= 15 is 0 Å².